The van der Waals surface area contributed by atoms with Gasteiger partial charge in [-0.25, -0.2) is 4.98 Å². The number of hydrogen-bond acceptors (Lipinski definition) is 14. The van der Waals surface area contributed by atoms with Gasteiger partial charge in [-0.3, -0.25) is 48.0 Å². The van der Waals surface area contributed by atoms with Gasteiger partial charge in [0.2, 0.25) is 23.6 Å². The number of anilines is 1. The second-order valence-electron chi connectivity index (χ2n) is 24.4. The van der Waals surface area contributed by atoms with Gasteiger partial charge in [0.15, 0.2) is 0 Å². The van der Waals surface area contributed by atoms with Crippen molar-refractivity contribution < 1.29 is 48.1 Å². The van der Waals surface area contributed by atoms with E-state index in [1.54, 1.807) is 35.2 Å². The highest BCUT2D eigenvalue weighted by Gasteiger charge is 2.37. The highest BCUT2D eigenvalue weighted by molar-refractivity contribution is 6.36. The van der Waals surface area contributed by atoms with Crippen molar-refractivity contribution in [3.63, 3.8) is 0 Å². The van der Waals surface area contributed by atoms with Gasteiger partial charge in [0.05, 0.1) is 85.9 Å². The van der Waals surface area contributed by atoms with E-state index in [1.165, 1.54) is 10.9 Å². The van der Waals surface area contributed by atoms with Gasteiger partial charge < -0.3 is 45.1 Å². The van der Waals surface area contributed by atoms with Gasteiger partial charge in [0.25, 0.3) is 11.5 Å². The summed E-state index contributed by atoms with van der Waals surface area (Å²) in [5, 5.41) is 22.7. The average molecular weight is 1230 g/mol. The SMILES string of the molecule is CC1NC(=O)CC1CCCCCC(=O)CCCOCCOCCOCCC(=O)N1CCN(CC(=O)Nc2ccc3c(=O)n(CC4(O)CCN(C(=O)[C@@H](CCCNC(=O)c5ccc6c(Cl)c7c(nc6c5)CCCC7)Cc5ccccc5)CC4)cnc3c2)CC1. The molecule has 2 unspecified atom stereocenters. The fourth-order valence-electron chi connectivity index (χ4n) is 12.6. The molecule has 20 nitrogen and oxygen atoms in total. The number of rotatable bonds is 32. The Labute approximate surface area is 520 Å². The number of piperazine rings is 1. The molecular formula is C67H88ClN9O11. The molecule has 3 atom stereocenters. The number of piperidine rings is 1. The molecule has 3 fully saturated rings. The first-order chi connectivity index (χ1) is 42.7. The zero-order chi connectivity index (χ0) is 61.8. The van der Waals surface area contributed by atoms with E-state index in [0.717, 1.165) is 84.1 Å². The molecule has 0 radical (unpaired) electrons. The quantitative estimate of drug-likeness (QED) is 0.0310. The zero-order valence-electron chi connectivity index (χ0n) is 51.1. The minimum Gasteiger partial charge on any atom is -0.388 e. The number of unbranched alkanes of at least 4 members (excludes halogenated alkanes) is 2. The largest absolute Gasteiger partial charge is 0.388 e. The van der Waals surface area contributed by atoms with Gasteiger partial charge in [0.1, 0.15) is 5.78 Å². The number of aliphatic hydroxyl groups is 1. The van der Waals surface area contributed by atoms with Crippen LogP contribution < -0.4 is 21.5 Å². The fourth-order valence-corrected chi connectivity index (χ4v) is 13.0. The smallest absolute Gasteiger partial charge is 0.261 e. The number of hydrogen-bond donors (Lipinski definition) is 4. The Morgan fingerprint density at radius 2 is 1.50 bits per heavy atom. The lowest BCUT2D eigenvalue weighted by molar-refractivity contribution is -0.140. The van der Waals surface area contributed by atoms with Crippen molar-refractivity contribution in [1.82, 2.24) is 39.9 Å². The predicted molar refractivity (Wildman–Crippen MR) is 337 cm³/mol. The molecule has 5 aromatic rings. The average Bonchev–Trinajstić information content (AvgIpc) is 4.03. The molecule has 4 aliphatic rings. The highest BCUT2D eigenvalue weighted by atomic mass is 35.5. The Kier molecular flexibility index (Phi) is 24.4. The highest BCUT2D eigenvalue weighted by Crippen LogP contribution is 2.34. The van der Waals surface area contributed by atoms with Crippen LogP contribution in [0.15, 0.2) is 77.9 Å². The van der Waals surface area contributed by atoms with Crippen LogP contribution in [0, 0.1) is 11.8 Å². The van der Waals surface area contributed by atoms with Crippen molar-refractivity contribution in [1.29, 1.82) is 0 Å². The lowest BCUT2D eigenvalue weighted by Gasteiger charge is -2.39. The molecule has 0 saturated carbocycles. The van der Waals surface area contributed by atoms with E-state index in [-0.39, 0.29) is 91.8 Å². The number of halogens is 1. The molecular weight excluding hydrogens is 1140 g/mol. The Balaban J connectivity index is 0.625. The summed E-state index contributed by atoms with van der Waals surface area (Å²) in [7, 11) is 0. The Morgan fingerprint density at radius 1 is 0.773 bits per heavy atom. The summed E-state index contributed by atoms with van der Waals surface area (Å²) in [4.78, 5) is 106. The molecule has 88 heavy (non-hydrogen) atoms. The van der Waals surface area contributed by atoms with E-state index in [4.69, 9.17) is 30.8 Å². The molecule has 4 N–H and O–H groups in total. The lowest BCUT2D eigenvalue weighted by Crippen LogP contribution is -2.51. The molecule has 3 aliphatic heterocycles. The molecule has 0 bridgehead atoms. The number of likely N-dealkylation sites (tertiary alicyclic amines) is 1. The van der Waals surface area contributed by atoms with Gasteiger partial charge in [-0.05, 0) is 131 Å². The van der Waals surface area contributed by atoms with Gasteiger partial charge in [-0.15, -0.1) is 0 Å². The number of aryl methyl sites for hydroxylation is 1. The van der Waals surface area contributed by atoms with E-state index < -0.39 is 5.60 Å². The summed E-state index contributed by atoms with van der Waals surface area (Å²) in [5.41, 5.74) is 3.72. The van der Waals surface area contributed by atoms with Gasteiger partial charge in [-0.1, -0.05) is 60.8 Å². The third-order valence-electron chi connectivity index (χ3n) is 17.8. The third kappa shape index (κ3) is 18.9. The van der Waals surface area contributed by atoms with Crippen LogP contribution in [0.2, 0.25) is 5.02 Å². The van der Waals surface area contributed by atoms with Gasteiger partial charge in [0, 0.05) is 106 Å². The molecule has 3 aromatic carbocycles. The molecule has 5 heterocycles. The predicted octanol–water partition coefficient (Wildman–Crippen LogP) is 7.25. The number of pyridine rings is 1. The Bertz CT molecular complexity index is 3260. The number of carbonyl (C=O) groups excluding carboxylic acids is 6. The number of Topliss-reactive ketones (excluding diaryl/α,β-unsaturated/α-hetero) is 1. The van der Waals surface area contributed by atoms with Gasteiger partial charge in [-0.2, -0.15) is 0 Å². The number of aromatic nitrogens is 3. The normalized spacial score (nSPS) is 18.1. The van der Waals surface area contributed by atoms with Crippen molar-refractivity contribution in [3.05, 3.63) is 111 Å². The number of benzene rings is 3. The number of carbonyl (C=O) groups is 6. The molecule has 1 aliphatic carbocycles. The second-order valence-corrected chi connectivity index (χ2v) is 24.8. The van der Waals surface area contributed by atoms with Gasteiger partial charge >= 0.3 is 0 Å². The van der Waals surface area contributed by atoms with Crippen LogP contribution in [0.5, 0.6) is 0 Å². The molecule has 9 rings (SSSR count). The van der Waals surface area contributed by atoms with Crippen molar-refractivity contribution >= 4 is 74.4 Å². The molecule has 21 heteroatoms. The third-order valence-corrected chi connectivity index (χ3v) is 18.3. The number of nitrogens with one attached hydrogen (secondary N) is 3. The standard InChI is InChI=1S/C67H88ClN9O11/c1-47-49(42-60(79)71-47)14-6-3-7-16-53(78)17-11-34-86-36-38-88-39-37-87-35-24-62(81)75-32-30-74(31-33-75)44-61(80)72-52-21-23-56-58(43-52)70-46-77(66(56)84)45-67(85)25-28-76(29-26-67)65(83)51(40-48-12-4-2-5-13-48)15-10-27-69-64(82)50-20-22-55-59(41-50)73-57-19-9-8-18-54(57)63(55)68/h2,4-5,12-13,20-23,41,43,46-47,49,51,85H,3,6-11,14-19,24-40,42,44-45H2,1H3,(H,69,82)(H,71,79)(H,72,80)/t47?,49?,51-/m0/s1. The van der Waals surface area contributed by atoms with Crippen LogP contribution in [0.3, 0.4) is 0 Å². The van der Waals surface area contributed by atoms with Crippen molar-refractivity contribution in [2.75, 3.05) is 97.3 Å². The van der Waals surface area contributed by atoms with E-state index in [1.807, 2.05) is 46.2 Å². The van der Waals surface area contributed by atoms with Crippen LogP contribution in [0.4, 0.5) is 5.69 Å². The first-order valence-electron chi connectivity index (χ1n) is 32.0. The molecule has 2 aromatic heterocycles. The summed E-state index contributed by atoms with van der Waals surface area (Å²) < 4.78 is 18.2. The Morgan fingerprint density at radius 3 is 2.26 bits per heavy atom. The first kappa shape index (κ1) is 65.8. The molecule has 5 amide bonds. The number of ketones is 1. The maximum atomic E-state index is 14.3. The van der Waals surface area contributed by atoms with Crippen LogP contribution in [-0.4, -0.2) is 173 Å². The van der Waals surface area contributed by atoms with E-state index in [9.17, 15) is 38.7 Å². The first-order valence-corrected chi connectivity index (χ1v) is 32.3. The summed E-state index contributed by atoms with van der Waals surface area (Å²) in [6.07, 6.45) is 14.3. The summed E-state index contributed by atoms with van der Waals surface area (Å²) in [6, 6.07) is 20.6. The summed E-state index contributed by atoms with van der Waals surface area (Å²) in [6.45, 7) is 7.67. The molecule has 0 spiro atoms. The summed E-state index contributed by atoms with van der Waals surface area (Å²) in [5.74, 6) is 0.0382. The lowest BCUT2D eigenvalue weighted by atomic mass is 9.88. The topological polar surface area (TPSA) is 244 Å². The maximum absolute atomic E-state index is 14.3. The minimum atomic E-state index is -1.25. The molecule has 474 valence electrons. The second kappa shape index (κ2) is 32.7. The number of ether oxygens (including phenoxy) is 3. The maximum Gasteiger partial charge on any atom is 0.261 e. The molecule has 3 saturated heterocycles. The summed E-state index contributed by atoms with van der Waals surface area (Å²) >= 11 is 6.78. The van der Waals surface area contributed by atoms with E-state index in [2.05, 4.69) is 27.9 Å². The zero-order valence-corrected chi connectivity index (χ0v) is 51.8. The fraction of sp³-hybridized carbons (Fsp3) is 0.567. The van der Waals surface area contributed by atoms with Crippen LogP contribution in [-0.2, 0) is 64.0 Å². The van der Waals surface area contributed by atoms with Crippen molar-refractivity contribution in [2.24, 2.45) is 11.8 Å². The number of fused-ring (bicyclic) bond motifs is 3. The van der Waals surface area contributed by atoms with Crippen LogP contribution >= 0.6 is 11.6 Å². The Hall–Kier alpha value is -6.68. The van der Waals surface area contributed by atoms with Crippen LogP contribution in [0.1, 0.15) is 130 Å². The van der Waals surface area contributed by atoms with Crippen molar-refractivity contribution in [2.45, 2.75) is 141 Å². The minimum absolute atomic E-state index is 0.00230. The van der Waals surface area contributed by atoms with E-state index >= 15 is 0 Å². The monoisotopic (exact) mass is 1230 g/mol. The van der Waals surface area contributed by atoms with Crippen LogP contribution in [0.25, 0.3) is 21.8 Å². The van der Waals surface area contributed by atoms with Crippen molar-refractivity contribution in [3.8, 4) is 0 Å². The number of nitrogens with zero attached hydrogens (tertiary/aromatic N) is 6. The number of amides is 5. The van der Waals surface area contributed by atoms with E-state index in [0.29, 0.717) is 152 Å².